The van der Waals surface area contributed by atoms with Gasteiger partial charge in [0.1, 0.15) is 0 Å². The summed E-state index contributed by atoms with van der Waals surface area (Å²) < 4.78 is 29.0. The molecular formula is C11H21N3O4S. The summed E-state index contributed by atoms with van der Waals surface area (Å²) in [5.41, 5.74) is 0. The number of carbonyl (C=O) groups is 1. The van der Waals surface area contributed by atoms with E-state index in [-0.39, 0.29) is 17.9 Å². The van der Waals surface area contributed by atoms with Crippen LogP contribution in [0.15, 0.2) is 0 Å². The molecule has 0 spiro atoms. The van der Waals surface area contributed by atoms with Crippen LogP contribution in [0, 0.1) is 5.92 Å². The van der Waals surface area contributed by atoms with Crippen molar-refractivity contribution in [3.05, 3.63) is 0 Å². The molecule has 1 amide bonds. The molecule has 110 valence electrons. The maximum Gasteiger partial charge on any atom is 0.276 e. The van der Waals surface area contributed by atoms with Crippen molar-refractivity contribution in [1.82, 2.24) is 9.62 Å². The molecule has 2 fully saturated rings. The number of hydrogen-bond donors (Lipinski definition) is 2. The Morgan fingerprint density at radius 3 is 2.53 bits per heavy atom. The van der Waals surface area contributed by atoms with Gasteiger partial charge in [0.15, 0.2) is 0 Å². The topological polar surface area (TPSA) is 102 Å². The van der Waals surface area contributed by atoms with E-state index in [1.165, 1.54) is 4.31 Å². The molecule has 0 aliphatic carbocycles. The first-order valence-corrected chi connectivity index (χ1v) is 8.14. The lowest BCUT2D eigenvalue weighted by molar-refractivity contribution is -0.126. The molecule has 3 N–H and O–H groups in total. The highest BCUT2D eigenvalue weighted by molar-refractivity contribution is 7.86. The van der Waals surface area contributed by atoms with Crippen molar-refractivity contribution in [2.24, 2.45) is 11.1 Å². The number of amides is 1. The quantitative estimate of drug-likeness (QED) is 0.707. The van der Waals surface area contributed by atoms with Crippen LogP contribution in [-0.4, -0.2) is 51.0 Å². The van der Waals surface area contributed by atoms with Crippen LogP contribution < -0.4 is 10.5 Å². The van der Waals surface area contributed by atoms with Crippen molar-refractivity contribution >= 4 is 16.1 Å². The zero-order valence-corrected chi connectivity index (χ0v) is 11.7. The molecule has 2 aliphatic rings. The summed E-state index contributed by atoms with van der Waals surface area (Å²) in [7, 11) is -3.62. The molecule has 8 heteroatoms. The highest BCUT2D eigenvalue weighted by Crippen LogP contribution is 2.19. The minimum atomic E-state index is -3.62. The number of rotatable bonds is 4. The Balaban J connectivity index is 1.73. The zero-order valence-electron chi connectivity index (χ0n) is 10.9. The fraction of sp³-hybridized carbons (Fsp3) is 0.909. The van der Waals surface area contributed by atoms with Crippen molar-refractivity contribution in [2.45, 2.75) is 31.8 Å². The summed E-state index contributed by atoms with van der Waals surface area (Å²) in [5.74, 6) is -0.135. The van der Waals surface area contributed by atoms with Gasteiger partial charge in [-0.05, 0) is 25.7 Å². The van der Waals surface area contributed by atoms with E-state index < -0.39 is 10.2 Å². The molecule has 0 unspecified atom stereocenters. The standard InChI is InChI=1S/C11H21N3O4S/c12-19(16,17)14-5-3-9(4-6-14)11(15)13-8-10-2-1-7-18-10/h9-10H,1-8H2,(H,13,15)(H2,12,16,17)/t10-/m0/s1. The zero-order chi connectivity index (χ0) is 13.9. The minimum absolute atomic E-state index is 0.00966. The predicted octanol–water partition coefficient (Wildman–Crippen LogP) is -0.803. The minimum Gasteiger partial charge on any atom is -0.376 e. The average molecular weight is 291 g/mol. The first-order valence-electron chi connectivity index (χ1n) is 6.64. The van der Waals surface area contributed by atoms with E-state index in [1.54, 1.807) is 0 Å². The number of nitrogens with two attached hydrogens (primary N) is 1. The van der Waals surface area contributed by atoms with Crippen LogP contribution in [0.1, 0.15) is 25.7 Å². The van der Waals surface area contributed by atoms with Crippen LogP contribution in [0.3, 0.4) is 0 Å². The van der Waals surface area contributed by atoms with Gasteiger partial charge in [0.05, 0.1) is 6.10 Å². The Kier molecular flexibility index (Phi) is 4.77. The third kappa shape index (κ3) is 4.13. The summed E-state index contributed by atoms with van der Waals surface area (Å²) in [4.78, 5) is 11.9. The van der Waals surface area contributed by atoms with Gasteiger partial charge in [-0.1, -0.05) is 0 Å². The van der Waals surface area contributed by atoms with E-state index in [0.29, 0.717) is 32.5 Å². The van der Waals surface area contributed by atoms with Gasteiger partial charge in [0.25, 0.3) is 10.2 Å². The van der Waals surface area contributed by atoms with Gasteiger partial charge < -0.3 is 10.1 Å². The number of ether oxygens (including phenoxy) is 1. The second-order valence-electron chi connectivity index (χ2n) is 5.10. The molecule has 0 aromatic rings. The van der Waals surface area contributed by atoms with Gasteiger partial charge in [-0.3, -0.25) is 4.79 Å². The SMILES string of the molecule is NS(=O)(=O)N1CCC(C(=O)NC[C@@H]2CCCO2)CC1. The molecule has 0 saturated carbocycles. The van der Waals surface area contributed by atoms with Crippen molar-refractivity contribution in [3.63, 3.8) is 0 Å². The van der Waals surface area contributed by atoms with E-state index in [4.69, 9.17) is 9.88 Å². The van der Waals surface area contributed by atoms with Crippen LogP contribution in [0.4, 0.5) is 0 Å². The lowest BCUT2D eigenvalue weighted by Crippen LogP contribution is -2.46. The summed E-state index contributed by atoms with van der Waals surface area (Å²) in [6.45, 7) is 1.95. The molecule has 2 rings (SSSR count). The number of carbonyl (C=O) groups excluding carboxylic acids is 1. The van der Waals surface area contributed by atoms with Gasteiger partial charge >= 0.3 is 0 Å². The van der Waals surface area contributed by atoms with E-state index in [2.05, 4.69) is 5.32 Å². The molecule has 2 aliphatic heterocycles. The lowest BCUT2D eigenvalue weighted by Gasteiger charge is -2.29. The maximum absolute atomic E-state index is 11.9. The third-order valence-electron chi connectivity index (χ3n) is 3.71. The fourth-order valence-electron chi connectivity index (χ4n) is 2.54. The molecule has 1 atom stereocenters. The fourth-order valence-corrected chi connectivity index (χ4v) is 3.26. The van der Waals surface area contributed by atoms with Gasteiger partial charge in [-0.25, -0.2) is 5.14 Å². The van der Waals surface area contributed by atoms with Gasteiger partial charge in [0, 0.05) is 32.2 Å². The molecule has 0 radical (unpaired) electrons. The second kappa shape index (κ2) is 6.17. The molecule has 2 saturated heterocycles. The molecule has 0 aromatic heterocycles. The number of hydrogen-bond acceptors (Lipinski definition) is 4. The largest absolute Gasteiger partial charge is 0.376 e. The van der Waals surface area contributed by atoms with Gasteiger partial charge in [-0.2, -0.15) is 12.7 Å². The normalized spacial score (nSPS) is 26.5. The van der Waals surface area contributed by atoms with Gasteiger partial charge in [0.2, 0.25) is 5.91 Å². The summed E-state index contributed by atoms with van der Waals surface area (Å²) in [6, 6.07) is 0. The molecule has 0 aromatic carbocycles. The monoisotopic (exact) mass is 291 g/mol. The summed E-state index contributed by atoms with van der Waals surface area (Å²) in [5, 5.41) is 7.94. The molecule has 0 bridgehead atoms. The molecule has 7 nitrogen and oxygen atoms in total. The van der Waals surface area contributed by atoms with Crippen LogP contribution in [-0.2, 0) is 19.7 Å². The molecular weight excluding hydrogens is 270 g/mol. The van der Waals surface area contributed by atoms with E-state index in [0.717, 1.165) is 19.4 Å². The van der Waals surface area contributed by atoms with Crippen molar-refractivity contribution in [3.8, 4) is 0 Å². The second-order valence-corrected chi connectivity index (χ2v) is 6.64. The maximum atomic E-state index is 11.9. The Hall–Kier alpha value is -0.700. The first-order chi connectivity index (χ1) is 8.97. The van der Waals surface area contributed by atoms with E-state index in [1.807, 2.05) is 0 Å². The highest BCUT2D eigenvalue weighted by Gasteiger charge is 2.29. The summed E-state index contributed by atoms with van der Waals surface area (Å²) in [6.07, 6.45) is 3.22. The average Bonchev–Trinajstić information content (AvgIpc) is 2.88. The Morgan fingerprint density at radius 1 is 1.32 bits per heavy atom. The van der Waals surface area contributed by atoms with Crippen LogP contribution in [0.25, 0.3) is 0 Å². The Morgan fingerprint density at radius 2 is 2.00 bits per heavy atom. The van der Waals surface area contributed by atoms with E-state index >= 15 is 0 Å². The lowest BCUT2D eigenvalue weighted by atomic mass is 9.97. The molecule has 2 heterocycles. The van der Waals surface area contributed by atoms with Crippen LogP contribution in [0.2, 0.25) is 0 Å². The van der Waals surface area contributed by atoms with Gasteiger partial charge in [-0.15, -0.1) is 0 Å². The third-order valence-corrected chi connectivity index (χ3v) is 4.80. The van der Waals surface area contributed by atoms with Crippen LogP contribution in [0.5, 0.6) is 0 Å². The van der Waals surface area contributed by atoms with Crippen molar-refractivity contribution in [1.29, 1.82) is 0 Å². The smallest absolute Gasteiger partial charge is 0.276 e. The summed E-state index contributed by atoms with van der Waals surface area (Å²) >= 11 is 0. The van der Waals surface area contributed by atoms with Crippen molar-refractivity contribution < 1.29 is 17.9 Å². The first kappa shape index (κ1) is 14.7. The highest BCUT2D eigenvalue weighted by atomic mass is 32.2. The van der Waals surface area contributed by atoms with Crippen LogP contribution >= 0.6 is 0 Å². The number of nitrogens with one attached hydrogen (secondary N) is 1. The Bertz CT molecular complexity index is 412. The molecule has 19 heavy (non-hydrogen) atoms. The van der Waals surface area contributed by atoms with Crippen molar-refractivity contribution in [2.75, 3.05) is 26.2 Å². The Labute approximate surface area is 113 Å². The van der Waals surface area contributed by atoms with E-state index in [9.17, 15) is 13.2 Å². The predicted molar refractivity (Wildman–Crippen MR) is 69.4 cm³/mol. The number of nitrogens with zero attached hydrogens (tertiary/aromatic N) is 1. The number of piperidine rings is 1.